The van der Waals surface area contributed by atoms with Crippen molar-refractivity contribution >= 4 is 5.69 Å². The summed E-state index contributed by atoms with van der Waals surface area (Å²) in [5.74, 6) is 1.51. The Hall–Kier alpha value is -2.23. The first-order valence-electron chi connectivity index (χ1n) is 6.61. The Kier molecular flexibility index (Phi) is 4.82. The van der Waals surface area contributed by atoms with E-state index in [0.29, 0.717) is 11.9 Å². The fourth-order valence-corrected chi connectivity index (χ4v) is 2.04. The molecule has 1 N–H and O–H groups in total. The van der Waals surface area contributed by atoms with Crippen LogP contribution in [0.2, 0.25) is 0 Å². The van der Waals surface area contributed by atoms with Crippen molar-refractivity contribution < 1.29 is 9.47 Å². The summed E-state index contributed by atoms with van der Waals surface area (Å²) in [6.07, 6.45) is 2.72. The summed E-state index contributed by atoms with van der Waals surface area (Å²) in [5, 5.41) is 3.42. The molecule has 0 saturated heterocycles. The molecule has 4 heteroatoms. The molecule has 2 aromatic rings. The third-order valence-electron chi connectivity index (χ3n) is 3.06. The molecule has 0 bridgehead atoms. The average molecular weight is 272 g/mol. The standard InChI is InChI=1S/C16H20N2O2/c1-12(10-13-4-7-15(19-2)8-5-13)18-14-6-9-16(20-3)17-11-14/h4-9,11-12,18H,10H2,1-3H3. The van der Waals surface area contributed by atoms with Gasteiger partial charge < -0.3 is 14.8 Å². The van der Waals surface area contributed by atoms with Crippen LogP contribution in [0.15, 0.2) is 42.6 Å². The summed E-state index contributed by atoms with van der Waals surface area (Å²) in [6, 6.07) is 12.3. The maximum absolute atomic E-state index is 5.16. The van der Waals surface area contributed by atoms with Gasteiger partial charge in [-0.05, 0) is 37.1 Å². The number of pyridine rings is 1. The van der Waals surface area contributed by atoms with Gasteiger partial charge in [0.2, 0.25) is 5.88 Å². The topological polar surface area (TPSA) is 43.4 Å². The van der Waals surface area contributed by atoms with Crippen molar-refractivity contribution in [1.82, 2.24) is 4.98 Å². The Morgan fingerprint density at radius 2 is 1.80 bits per heavy atom. The van der Waals surface area contributed by atoms with Gasteiger partial charge in [-0.2, -0.15) is 0 Å². The quantitative estimate of drug-likeness (QED) is 0.877. The zero-order valence-electron chi connectivity index (χ0n) is 12.1. The second-order valence-electron chi connectivity index (χ2n) is 4.69. The van der Waals surface area contributed by atoms with Crippen LogP contribution in [0.1, 0.15) is 12.5 Å². The van der Waals surface area contributed by atoms with Gasteiger partial charge in [0, 0.05) is 12.1 Å². The number of methoxy groups -OCH3 is 2. The van der Waals surface area contributed by atoms with Gasteiger partial charge in [0.1, 0.15) is 5.75 Å². The van der Waals surface area contributed by atoms with E-state index in [9.17, 15) is 0 Å². The number of hydrogen-bond acceptors (Lipinski definition) is 4. The zero-order chi connectivity index (χ0) is 14.4. The second-order valence-corrected chi connectivity index (χ2v) is 4.69. The highest BCUT2D eigenvalue weighted by atomic mass is 16.5. The monoisotopic (exact) mass is 272 g/mol. The predicted molar refractivity (Wildman–Crippen MR) is 80.6 cm³/mol. The zero-order valence-corrected chi connectivity index (χ0v) is 12.1. The van der Waals surface area contributed by atoms with Gasteiger partial charge >= 0.3 is 0 Å². The predicted octanol–water partition coefficient (Wildman–Crippen LogP) is 3.14. The fourth-order valence-electron chi connectivity index (χ4n) is 2.04. The third kappa shape index (κ3) is 3.88. The SMILES string of the molecule is COc1ccc(CC(C)Nc2ccc(OC)nc2)cc1. The smallest absolute Gasteiger partial charge is 0.213 e. The minimum absolute atomic E-state index is 0.318. The Morgan fingerprint density at radius 1 is 1.05 bits per heavy atom. The minimum atomic E-state index is 0.318. The minimum Gasteiger partial charge on any atom is -0.497 e. The maximum atomic E-state index is 5.16. The molecule has 0 radical (unpaired) electrons. The van der Waals surface area contributed by atoms with Gasteiger partial charge in [0.25, 0.3) is 0 Å². The highest BCUT2D eigenvalue weighted by molar-refractivity contribution is 5.43. The van der Waals surface area contributed by atoms with Gasteiger partial charge in [-0.25, -0.2) is 4.98 Å². The van der Waals surface area contributed by atoms with Crippen molar-refractivity contribution in [2.45, 2.75) is 19.4 Å². The van der Waals surface area contributed by atoms with Crippen molar-refractivity contribution in [3.05, 3.63) is 48.2 Å². The lowest BCUT2D eigenvalue weighted by Gasteiger charge is -2.15. The molecular formula is C16H20N2O2. The van der Waals surface area contributed by atoms with E-state index in [1.807, 2.05) is 24.3 Å². The Bertz CT molecular complexity index is 474. The third-order valence-corrected chi connectivity index (χ3v) is 3.06. The summed E-state index contributed by atoms with van der Waals surface area (Å²) < 4.78 is 10.2. The van der Waals surface area contributed by atoms with E-state index in [4.69, 9.17) is 9.47 Å². The molecule has 106 valence electrons. The van der Waals surface area contributed by atoms with Crippen LogP contribution in [0, 0.1) is 0 Å². The molecule has 0 fully saturated rings. The number of hydrogen-bond donors (Lipinski definition) is 1. The number of nitrogens with zero attached hydrogens (tertiary/aromatic N) is 1. The summed E-state index contributed by atoms with van der Waals surface area (Å²) in [6.45, 7) is 2.15. The molecule has 20 heavy (non-hydrogen) atoms. The highest BCUT2D eigenvalue weighted by Gasteiger charge is 2.04. The molecule has 0 aliphatic heterocycles. The van der Waals surface area contributed by atoms with Gasteiger partial charge in [-0.1, -0.05) is 12.1 Å². The first-order chi connectivity index (χ1) is 9.71. The van der Waals surface area contributed by atoms with E-state index in [1.165, 1.54) is 5.56 Å². The molecule has 0 saturated carbocycles. The van der Waals surface area contributed by atoms with Crippen LogP contribution in [0.4, 0.5) is 5.69 Å². The Balaban J connectivity index is 1.91. The molecule has 1 unspecified atom stereocenters. The Morgan fingerprint density at radius 3 is 2.35 bits per heavy atom. The van der Waals surface area contributed by atoms with Crippen molar-refractivity contribution in [3.63, 3.8) is 0 Å². The molecule has 2 rings (SSSR count). The Labute approximate surface area is 119 Å². The van der Waals surface area contributed by atoms with E-state index in [0.717, 1.165) is 17.9 Å². The number of aromatic nitrogens is 1. The summed E-state index contributed by atoms with van der Waals surface area (Å²) in [4.78, 5) is 4.18. The van der Waals surface area contributed by atoms with Crippen LogP contribution in [0.3, 0.4) is 0 Å². The van der Waals surface area contributed by atoms with E-state index in [-0.39, 0.29) is 0 Å². The van der Waals surface area contributed by atoms with Crippen molar-refractivity contribution in [2.24, 2.45) is 0 Å². The largest absolute Gasteiger partial charge is 0.497 e. The molecule has 1 aromatic heterocycles. The molecule has 0 spiro atoms. The van der Waals surface area contributed by atoms with Crippen LogP contribution < -0.4 is 14.8 Å². The van der Waals surface area contributed by atoms with Gasteiger partial charge in [-0.3, -0.25) is 0 Å². The number of rotatable bonds is 6. The summed E-state index contributed by atoms with van der Waals surface area (Å²) in [5.41, 5.74) is 2.26. The van der Waals surface area contributed by atoms with Gasteiger partial charge in [0.05, 0.1) is 26.1 Å². The lowest BCUT2D eigenvalue weighted by Crippen LogP contribution is -2.18. The number of ether oxygens (including phenoxy) is 2. The molecule has 1 heterocycles. The van der Waals surface area contributed by atoms with Crippen LogP contribution in [0.5, 0.6) is 11.6 Å². The molecule has 1 aromatic carbocycles. The van der Waals surface area contributed by atoms with Crippen molar-refractivity contribution in [3.8, 4) is 11.6 Å². The summed E-state index contributed by atoms with van der Waals surface area (Å²) in [7, 11) is 3.29. The molecule has 0 amide bonds. The normalized spacial score (nSPS) is 11.8. The summed E-state index contributed by atoms with van der Waals surface area (Å²) >= 11 is 0. The first kappa shape index (κ1) is 14.2. The van der Waals surface area contributed by atoms with E-state index in [2.05, 4.69) is 29.4 Å². The van der Waals surface area contributed by atoms with E-state index in [1.54, 1.807) is 20.4 Å². The van der Waals surface area contributed by atoms with Crippen LogP contribution in [-0.2, 0) is 6.42 Å². The van der Waals surface area contributed by atoms with Crippen LogP contribution in [0.25, 0.3) is 0 Å². The highest BCUT2D eigenvalue weighted by Crippen LogP contribution is 2.16. The van der Waals surface area contributed by atoms with Gasteiger partial charge in [-0.15, -0.1) is 0 Å². The molecular weight excluding hydrogens is 252 g/mol. The lowest BCUT2D eigenvalue weighted by atomic mass is 10.1. The number of anilines is 1. The molecule has 1 atom stereocenters. The maximum Gasteiger partial charge on any atom is 0.213 e. The number of benzene rings is 1. The fraction of sp³-hybridized carbons (Fsp3) is 0.312. The second kappa shape index (κ2) is 6.80. The molecule has 4 nitrogen and oxygen atoms in total. The van der Waals surface area contributed by atoms with Crippen LogP contribution in [-0.4, -0.2) is 25.2 Å². The lowest BCUT2D eigenvalue weighted by molar-refractivity contribution is 0.398. The van der Waals surface area contributed by atoms with Gasteiger partial charge in [0.15, 0.2) is 0 Å². The van der Waals surface area contributed by atoms with Crippen molar-refractivity contribution in [1.29, 1.82) is 0 Å². The number of nitrogens with one attached hydrogen (secondary N) is 1. The van der Waals surface area contributed by atoms with E-state index >= 15 is 0 Å². The average Bonchev–Trinajstić information content (AvgIpc) is 2.49. The molecule has 0 aliphatic rings. The van der Waals surface area contributed by atoms with Crippen LogP contribution >= 0.6 is 0 Å². The van der Waals surface area contributed by atoms with Crippen molar-refractivity contribution in [2.75, 3.05) is 19.5 Å². The first-order valence-corrected chi connectivity index (χ1v) is 6.61. The molecule has 0 aliphatic carbocycles. The van der Waals surface area contributed by atoms with E-state index < -0.39 is 0 Å².